The van der Waals surface area contributed by atoms with E-state index in [0.29, 0.717) is 11.8 Å². The normalized spacial score (nSPS) is 71.4. The highest BCUT2D eigenvalue weighted by atomic mass is 35.5. The summed E-state index contributed by atoms with van der Waals surface area (Å²) in [5, 5.41) is -0.276. The van der Waals surface area contributed by atoms with Crippen LogP contribution in [0.2, 0.25) is 0 Å². The number of hydrogen-bond donors (Lipinski definition) is 0. The molecular formula is C17H15ClO. The zero-order valence-electron chi connectivity index (χ0n) is 10.5. The topological polar surface area (TPSA) is 9.23 Å². The van der Waals surface area contributed by atoms with Crippen molar-refractivity contribution in [3.63, 3.8) is 0 Å². The van der Waals surface area contributed by atoms with Crippen LogP contribution in [-0.2, 0) is 10.3 Å². The Morgan fingerprint density at radius 3 is 2.53 bits per heavy atom. The fourth-order valence-electron chi connectivity index (χ4n) is 8.15. The minimum atomic E-state index is -0.276. The molecule has 1 nitrogen and oxygen atoms in total. The molecule has 7 fully saturated rings. The molecule has 2 saturated heterocycles. The SMILES string of the molecule is Cl[C@@]12O[C@@]3(c4ccccc4)[C@@H]4[C@H]5C[C@@H]([C@@H]6[C@@H]5[C@@H]3[C@H]61)[C@@H]42. The molecule has 1 aromatic carbocycles. The van der Waals surface area contributed by atoms with Crippen LogP contribution in [0.4, 0.5) is 0 Å². The molecule has 96 valence electrons. The van der Waals surface area contributed by atoms with E-state index in [2.05, 4.69) is 30.3 Å². The monoisotopic (exact) mass is 270 g/mol. The van der Waals surface area contributed by atoms with Crippen LogP contribution in [-0.4, -0.2) is 5.06 Å². The van der Waals surface area contributed by atoms with Gasteiger partial charge in [0.25, 0.3) is 0 Å². The van der Waals surface area contributed by atoms with E-state index in [0.717, 1.165) is 35.5 Å². The Hall–Kier alpha value is -0.530. The molecule has 0 aromatic heterocycles. The molecule has 10 atom stereocenters. The van der Waals surface area contributed by atoms with Gasteiger partial charge >= 0.3 is 0 Å². The fraction of sp³-hybridized carbons (Fsp3) is 0.647. The average molecular weight is 271 g/mol. The molecule has 1 aromatic rings. The summed E-state index contributed by atoms with van der Waals surface area (Å²) in [7, 11) is 0. The van der Waals surface area contributed by atoms with Crippen LogP contribution in [0.25, 0.3) is 0 Å². The van der Waals surface area contributed by atoms with Gasteiger partial charge in [0.1, 0.15) is 10.7 Å². The second-order valence-corrected chi connectivity index (χ2v) is 8.37. The molecule has 4 bridgehead atoms. The van der Waals surface area contributed by atoms with E-state index < -0.39 is 0 Å². The average Bonchev–Trinajstić information content (AvgIpc) is 3.01. The van der Waals surface area contributed by atoms with E-state index in [1.807, 2.05) is 0 Å². The maximum atomic E-state index is 7.05. The molecule has 2 heteroatoms. The lowest BCUT2D eigenvalue weighted by molar-refractivity contribution is -0.0441. The van der Waals surface area contributed by atoms with Crippen molar-refractivity contribution in [2.24, 2.45) is 47.3 Å². The predicted molar refractivity (Wildman–Crippen MR) is 70.3 cm³/mol. The third kappa shape index (κ3) is 0.600. The lowest BCUT2D eigenvalue weighted by Gasteiger charge is -2.46. The first-order valence-corrected chi connectivity index (χ1v) is 8.11. The largest absolute Gasteiger partial charge is 0.347 e. The summed E-state index contributed by atoms with van der Waals surface area (Å²) >= 11 is 7.05. The first-order valence-electron chi connectivity index (χ1n) is 7.73. The van der Waals surface area contributed by atoms with Crippen molar-refractivity contribution in [3.8, 4) is 0 Å². The molecule has 5 aliphatic carbocycles. The van der Waals surface area contributed by atoms with Gasteiger partial charge in [0.15, 0.2) is 0 Å². The van der Waals surface area contributed by atoms with Gasteiger partial charge in [-0.25, -0.2) is 0 Å². The van der Waals surface area contributed by atoms with Gasteiger partial charge in [0.2, 0.25) is 0 Å². The van der Waals surface area contributed by atoms with E-state index in [4.69, 9.17) is 16.3 Å². The first kappa shape index (κ1) is 9.41. The predicted octanol–water partition coefficient (Wildman–Crippen LogP) is 3.23. The molecule has 5 saturated carbocycles. The highest BCUT2D eigenvalue weighted by molar-refractivity contribution is 6.24. The quantitative estimate of drug-likeness (QED) is 0.712. The van der Waals surface area contributed by atoms with E-state index in [1.54, 1.807) is 0 Å². The van der Waals surface area contributed by atoms with Crippen molar-refractivity contribution in [1.29, 1.82) is 0 Å². The Morgan fingerprint density at radius 2 is 1.68 bits per heavy atom. The van der Waals surface area contributed by atoms with Crippen LogP contribution >= 0.6 is 11.6 Å². The van der Waals surface area contributed by atoms with Crippen LogP contribution in [0.5, 0.6) is 0 Å². The maximum Gasteiger partial charge on any atom is 0.149 e. The zero-order chi connectivity index (χ0) is 12.1. The van der Waals surface area contributed by atoms with Crippen LogP contribution in [0.15, 0.2) is 30.3 Å². The Morgan fingerprint density at radius 1 is 0.947 bits per heavy atom. The van der Waals surface area contributed by atoms with Crippen molar-refractivity contribution in [3.05, 3.63) is 35.9 Å². The Balaban J connectivity index is 1.59. The van der Waals surface area contributed by atoms with Crippen molar-refractivity contribution >= 4 is 11.6 Å². The maximum absolute atomic E-state index is 7.05. The molecule has 7 aliphatic rings. The molecule has 0 spiro atoms. The summed E-state index contributed by atoms with van der Waals surface area (Å²) in [5.41, 5.74) is 1.43. The van der Waals surface area contributed by atoms with Crippen molar-refractivity contribution < 1.29 is 4.74 Å². The number of rotatable bonds is 1. The Bertz CT molecular complexity index is 644. The van der Waals surface area contributed by atoms with Crippen LogP contribution in [0.1, 0.15) is 12.0 Å². The Labute approximate surface area is 117 Å². The number of hydrogen-bond acceptors (Lipinski definition) is 1. The van der Waals surface area contributed by atoms with Crippen molar-refractivity contribution in [1.82, 2.24) is 0 Å². The molecule has 8 rings (SSSR count). The van der Waals surface area contributed by atoms with Gasteiger partial charge < -0.3 is 4.74 Å². The van der Waals surface area contributed by atoms with Gasteiger partial charge in [-0.2, -0.15) is 0 Å². The van der Waals surface area contributed by atoms with Gasteiger partial charge in [-0.15, -0.1) is 0 Å². The molecule has 2 heterocycles. The second kappa shape index (κ2) is 2.29. The van der Waals surface area contributed by atoms with Crippen LogP contribution < -0.4 is 0 Å². The number of ether oxygens (including phenoxy) is 1. The van der Waals surface area contributed by atoms with E-state index in [1.165, 1.54) is 12.0 Å². The smallest absolute Gasteiger partial charge is 0.149 e. The summed E-state index contributed by atoms with van der Waals surface area (Å²) in [6.07, 6.45) is 1.46. The van der Waals surface area contributed by atoms with Gasteiger partial charge in [-0.3, -0.25) is 0 Å². The van der Waals surface area contributed by atoms with Gasteiger partial charge in [0.05, 0.1) is 0 Å². The van der Waals surface area contributed by atoms with E-state index >= 15 is 0 Å². The summed E-state index contributed by atoms with van der Waals surface area (Å²) in [5.74, 6) is 6.57. The minimum Gasteiger partial charge on any atom is -0.347 e. The number of benzene rings is 1. The summed E-state index contributed by atoms with van der Waals surface area (Å²) < 4.78 is 6.69. The summed E-state index contributed by atoms with van der Waals surface area (Å²) in [6.45, 7) is 0. The highest BCUT2D eigenvalue weighted by Crippen LogP contribution is 2.95. The second-order valence-electron chi connectivity index (χ2n) is 7.78. The lowest BCUT2D eigenvalue weighted by atomic mass is 9.56. The van der Waals surface area contributed by atoms with Crippen molar-refractivity contribution in [2.45, 2.75) is 17.1 Å². The molecule has 2 aliphatic heterocycles. The van der Waals surface area contributed by atoms with Gasteiger partial charge in [-0.05, 0) is 35.7 Å². The van der Waals surface area contributed by atoms with E-state index in [-0.39, 0.29) is 10.7 Å². The highest BCUT2D eigenvalue weighted by Gasteiger charge is 2.97. The van der Waals surface area contributed by atoms with E-state index in [9.17, 15) is 0 Å². The molecule has 0 amide bonds. The lowest BCUT2D eigenvalue weighted by Crippen LogP contribution is -2.49. The fourth-order valence-corrected chi connectivity index (χ4v) is 8.85. The molecule has 0 unspecified atom stereocenters. The molecular weight excluding hydrogens is 256 g/mol. The van der Waals surface area contributed by atoms with Crippen LogP contribution in [0.3, 0.4) is 0 Å². The Kier molecular flexibility index (Phi) is 1.14. The third-order valence-corrected chi connectivity index (χ3v) is 8.53. The molecule has 0 N–H and O–H groups in total. The number of alkyl halides is 1. The summed E-state index contributed by atoms with van der Waals surface area (Å²) in [4.78, 5) is 0. The van der Waals surface area contributed by atoms with Crippen LogP contribution in [0, 0.1) is 47.3 Å². The number of halogens is 1. The van der Waals surface area contributed by atoms with Crippen molar-refractivity contribution in [2.75, 3.05) is 0 Å². The van der Waals surface area contributed by atoms with Gasteiger partial charge in [0, 0.05) is 23.7 Å². The molecule has 0 radical (unpaired) electrons. The zero-order valence-corrected chi connectivity index (χ0v) is 11.3. The van der Waals surface area contributed by atoms with Gasteiger partial charge in [-0.1, -0.05) is 41.9 Å². The first-order chi connectivity index (χ1) is 9.28. The molecule has 19 heavy (non-hydrogen) atoms. The third-order valence-electron chi connectivity index (χ3n) is 7.95. The minimum absolute atomic E-state index is 0.00935. The summed E-state index contributed by atoms with van der Waals surface area (Å²) in [6, 6.07) is 11.0. The standard InChI is InChI=1S/C17H15ClO/c18-17-13-9-6-8-10-11(9)15(17)14(10)16(19-17,12(8)13)7-4-2-1-3-5-7/h1-5,8-15H,6H2/t8-,9-,10+,11+,12+,13-,14+,15-,16-,17-/m0/s1.